The number of aryl methyl sites for hydroxylation is 1. The van der Waals surface area contributed by atoms with Gasteiger partial charge in [-0.1, -0.05) is 6.07 Å². The molecule has 1 heterocycles. The molecule has 2 aliphatic rings. The predicted molar refractivity (Wildman–Crippen MR) is 78.8 cm³/mol. The first kappa shape index (κ1) is 15.8. The van der Waals surface area contributed by atoms with Crippen molar-refractivity contribution in [3.05, 3.63) is 34.4 Å². The van der Waals surface area contributed by atoms with E-state index in [9.17, 15) is 13.2 Å². The Labute approximate surface area is 129 Å². The van der Waals surface area contributed by atoms with Crippen molar-refractivity contribution in [3.63, 3.8) is 0 Å². The molecule has 0 N–H and O–H groups in total. The van der Waals surface area contributed by atoms with Crippen LogP contribution in [-0.2, 0) is 30.3 Å². The van der Waals surface area contributed by atoms with Gasteiger partial charge in [-0.15, -0.1) is 0 Å². The fourth-order valence-electron chi connectivity index (χ4n) is 3.83. The normalized spacial score (nSPS) is 26.2. The lowest BCUT2D eigenvalue weighted by Gasteiger charge is -2.36. The number of hydrogen-bond donors (Lipinski definition) is 0. The lowest BCUT2D eigenvalue weighted by Crippen LogP contribution is -2.45. The Morgan fingerprint density at radius 3 is 2.45 bits per heavy atom. The van der Waals surface area contributed by atoms with Crippen LogP contribution < -0.4 is 0 Å². The molecule has 1 aliphatic carbocycles. The van der Waals surface area contributed by atoms with E-state index >= 15 is 0 Å². The molecule has 0 spiro atoms. The van der Waals surface area contributed by atoms with Gasteiger partial charge in [0.1, 0.15) is 0 Å². The van der Waals surface area contributed by atoms with Gasteiger partial charge < -0.3 is 4.74 Å². The summed E-state index contributed by atoms with van der Waals surface area (Å²) in [7, 11) is 0. The van der Waals surface area contributed by atoms with Crippen LogP contribution >= 0.6 is 0 Å². The Bertz CT molecular complexity index is 546. The van der Waals surface area contributed by atoms with Crippen LogP contribution in [0.25, 0.3) is 0 Å². The predicted octanol–water partition coefficient (Wildman–Crippen LogP) is 3.80. The topological polar surface area (TPSA) is 12.5 Å². The highest BCUT2D eigenvalue weighted by Gasteiger charge is 2.36. The summed E-state index contributed by atoms with van der Waals surface area (Å²) in [5.74, 6) is 0. The summed E-state index contributed by atoms with van der Waals surface area (Å²) in [6.45, 7) is 5.69. The van der Waals surface area contributed by atoms with Crippen LogP contribution in [0.1, 0.15) is 42.5 Å². The molecule has 0 aromatic heterocycles. The van der Waals surface area contributed by atoms with Crippen LogP contribution in [0.15, 0.2) is 12.1 Å². The van der Waals surface area contributed by atoms with Crippen molar-refractivity contribution in [3.8, 4) is 0 Å². The molecule has 2 nitrogen and oxygen atoms in total. The lowest BCUT2D eigenvalue weighted by molar-refractivity contribution is -0.138. The van der Waals surface area contributed by atoms with Crippen molar-refractivity contribution in [2.24, 2.45) is 0 Å². The van der Waals surface area contributed by atoms with Gasteiger partial charge in [0, 0.05) is 19.6 Å². The van der Waals surface area contributed by atoms with Gasteiger partial charge in [-0.3, -0.25) is 4.90 Å². The molecular weight excluding hydrogens is 291 g/mol. The van der Waals surface area contributed by atoms with Crippen molar-refractivity contribution in [1.82, 2.24) is 4.90 Å². The van der Waals surface area contributed by atoms with Gasteiger partial charge in [0.15, 0.2) is 0 Å². The molecule has 1 saturated heterocycles. The maximum Gasteiger partial charge on any atom is 0.416 e. The zero-order valence-corrected chi connectivity index (χ0v) is 13.0. The summed E-state index contributed by atoms with van der Waals surface area (Å²) in [6, 6.07) is 2.94. The number of rotatable bonds is 2. The summed E-state index contributed by atoms with van der Waals surface area (Å²) in [5.41, 5.74) is 2.06. The number of halogens is 3. The highest BCUT2D eigenvalue weighted by atomic mass is 19.4. The number of nitrogens with zero attached hydrogens (tertiary/aromatic N) is 1. The van der Waals surface area contributed by atoms with Crippen LogP contribution in [0.5, 0.6) is 0 Å². The van der Waals surface area contributed by atoms with Crippen molar-refractivity contribution in [2.45, 2.75) is 58.0 Å². The Morgan fingerprint density at radius 2 is 1.82 bits per heavy atom. The molecule has 22 heavy (non-hydrogen) atoms. The first-order chi connectivity index (χ1) is 10.3. The molecule has 0 saturated carbocycles. The number of hydrogen-bond acceptors (Lipinski definition) is 2. The third-order valence-corrected chi connectivity index (χ3v) is 4.58. The maximum atomic E-state index is 13.4. The highest BCUT2D eigenvalue weighted by molar-refractivity contribution is 5.45. The number of alkyl halides is 3. The van der Waals surface area contributed by atoms with E-state index in [2.05, 4.69) is 4.90 Å². The van der Waals surface area contributed by atoms with Crippen LogP contribution in [0.3, 0.4) is 0 Å². The zero-order valence-electron chi connectivity index (χ0n) is 13.0. The summed E-state index contributed by atoms with van der Waals surface area (Å²) in [6.07, 6.45) is -1.53. The van der Waals surface area contributed by atoms with Crippen LogP contribution in [0, 0.1) is 0 Å². The minimum absolute atomic E-state index is 0.0647. The van der Waals surface area contributed by atoms with Crippen molar-refractivity contribution in [2.75, 3.05) is 13.1 Å². The molecule has 0 bridgehead atoms. The summed E-state index contributed by atoms with van der Waals surface area (Å²) in [4.78, 5) is 2.10. The summed E-state index contributed by atoms with van der Waals surface area (Å²) in [5, 5.41) is 0. The first-order valence-electron chi connectivity index (χ1n) is 7.93. The van der Waals surface area contributed by atoms with E-state index in [1.54, 1.807) is 6.07 Å². The van der Waals surface area contributed by atoms with E-state index in [0.717, 1.165) is 30.4 Å². The lowest BCUT2D eigenvalue weighted by atomic mass is 9.96. The molecule has 2 atom stereocenters. The molecular formula is C17H22F3NO. The van der Waals surface area contributed by atoms with E-state index in [1.165, 1.54) is 6.07 Å². The second kappa shape index (κ2) is 5.85. The number of morpholine rings is 1. The van der Waals surface area contributed by atoms with Gasteiger partial charge >= 0.3 is 6.18 Å². The van der Waals surface area contributed by atoms with Gasteiger partial charge in [0.25, 0.3) is 0 Å². The molecule has 3 rings (SSSR count). The highest BCUT2D eigenvalue weighted by Crippen LogP contribution is 2.38. The minimum atomic E-state index is -4.28. The Kier molecular flexibility index (Phi) is 4.21. The van der Waals surface area contributed by atoms with Gasteiger partial charge in [-0.25, -0.2) is 0 Å². The fraction of sp³-hybridized carbons (Fsp3) is 0.647. The Balaban J connectivity index is 1.93. The summed E-state index contributed by atoms with van der Waals surface area (Å²) < 4.78 is 45.8. The number of ether oxygens (including phenoxy) is 1. The van der Waals surface area contributed by atoms with E-state index in [4.69, 9.17) is 4.74 Å². The van der Waals surface area contributed by atoms with Crippen molar-refractivity contribution < 1.29 is 17.9 Å². The van der Waals surface area contributed by atoms with Gasteiger partial charge in [0.2, 0.25) is 0 Å². The second-order valence-electron chi connectivity index (χ2n) is 6.53. The van der Waals surface area contributed by atoms with E-state index < -0.39 is 11.7 Å². The van der Waals surface area contributed by atoms with Crippen LogP contribution in [0.2, 0.25) is 0 Å². The molecule has 1 aliphatic heterocycles. The quantitative estimate of drug-likeness (QED) is 0.823. The largest absolute Gasteiger partial charge is 0.416 e. The first-order valence-corrected chi connectivity index (χ1v) is 7.93. The third kappa shape index (κ3) is 3.15. The molecule has 0 radical (unpaired) electrons. The average Bonchev–Trinajstić information content (AvgIpc) is 2.85. The average molecular weight is 313 g/mol. The minimum Gasteiger partial charge on any atom is -0.373 e. The van der Waals surface area contributed by atoms with Crippen LogP contribution in [-0.4, -0.2) is 30.2 Å². The SMILES string of the molecule is CC1CN(Cc2c(C(F)(F)F)ccc3c2CCC3)CC(C)O1. The molecule has 1 fully saturated rings. The van der Waals surface area contributed by atoms with Crippen molar-refractivity contribution in [1.29, 1.82) is 0 Å². The molecule has 1 aromatic carbocycles. The van der Waals surface area contributed by atoms with E-state index in [1.807, 2.05) is 13.8 Å². The zero-order chi connectivity index (χ0) is 15.9. The van der Waals surface area contributed by atoms with E-state index in [-0.39, 0.29) is 12.2 Å². The Hall–Kier alpha value is -1.07. The van der Waals surface area contributed by atoms with E-state index in [0.29, 0.717) is 25.2 Å². The smallest absolute Gasteiger partial charge is 0.373 e. The van der Waals surface area contributed by atoms with Gasteiger partial charge in [0.05, 0.1) is 17.8 Å². The van der Waals surface area contributed by atoms with Crippen molar-refractivity contribution >= 4 is 0 Å². The molecule has 0 amide bonds. The maximum absolute atomic E-state index is 13.4. The number of fused-ring (bicyclic) bond motifs is 1. The standard InChI is InChI=1S/C17H22F3NO/c1-11-8-21(9-12(2)22-11)10-15-14-5-3-4-13(14)6-7-16(15)17(18,19)20/h6-7,11-12H,3-5,8-10H2,1-2H3. The molecule has 1 aromatic rings. The third-order valence-electron chi connectivity index (χ3n) is 4.58. The number of benzene rings is 1. The summed E-state index contributed by atoms with van der Waals surface area (Å²) >= 11 is 0. The fourth-order valence-corrected chi connectivity index (χ4v) is 3.83. The molecule has 122 valence electrons. The Morgan fingerprint density at radius 1 is 1.14 bits per heavy atom. The van der Waals surface area contributed by atoms with Crippen LogP contribution in [0.4, 0.5) is 13.2 Å². The van der Waals surface area contributed by atoms with Gasteiger partial charge in [-0.05, 0) is 55.9 Å². The second-order valence-corrected chi connectivity index (χ2v) is 6.53. The monoisotopic (exact) mass is 313 g/mol. The van der Waals surface area contributed by atoms with Gasteiger partial charge in [-0.2, -0.15) is 13.2 Å². The molecule has 5 heteroatoms. The molecule has 2 unspecified atom stereocenters.